The van der Waals surface area contributed by atoms with Crippen molar-refractivity contribution in [2.24, 2.45) is 0 Å². The van der Waals surface area contributed by atoms with Crippen molar-refractivity contribution in [3.8, 4) is 0 Å². The lowest BCUT2D eigenvalue weighted by atomic mass is 10.2. The third-order valence-corrected chi connectivity index (χ3v) is 3.75. The Bertz CT molecular complexity index is 783. The molecule has 5 nitrogen and oxygen atoms in total. The number of hydrogen-bond donors (Lipinski definition) is 0. The third kappa shape index (κ3) is 2.90. The summed E-state index contributed by atoms with van der Waals surface area (Å²) in [5.41, 5.74) is 0.753. The van der Waals surface area contributed by atoms with Crippen molar-refractivity contribution < 1.29 is 4.39 Å². The van der Waals surface area contributed by atoms with Crippen molar-refractivity contribution in [2.45, 2.75) is 19.9 Å². The van der Waals surface area contributed by atoms with Crippen LogP contribution in [0.4, 0.5) is 10.2 Å². The summed E-state index contributed by atoms with van der Waals surface area (Å²) in [5.74, 6) is 1.50. The van der Waals surface area contributed by atoms with Crippen LogP contribution < -0.4 is 4.90 Å². The summed E-state index contributed by atoms with van der Waals surface area (Å²) in [4.78, 5) is 14.7. The summed E-state index contributed by atoms with van der Waals surface area (Å²) in [6.45, 7) is 3.71. The monoisotopic (exact) mass is 299 g/mol. The van der Waals surface area contributed by atoms with E-state index in [1.807, 2.05) is 25.1 Å². The zero-order valence-electron chi connectivity index (χ0n) is 12.7. The van der Waals surface area contributed by atoms with Crippen LogP contribution in [-0.4, -0.2) is 33.1 Å². The molecule has 0 spiro atoms. The van der Waals surface area contributed by atoms with E-state index in [-0.39, 0.29) is 5.82 Å². The molecule has 0 aliphatic carbocycles. The Hall–Kier alpha value is -2.50. The summed E-state index contributed by atoms with van der Waals surface area (Å²) < 4.78 is 15.6. The van der Waals surface area contributed by atoms with E-state index in [9.17, 15) is 4.39 Å². The maximum absolute atomic E-state index is 13.5. The van der Waals surface area contributed by atoms with E-state index in [1.165, 1.54) is 18.5 Å². The van der Waals surface area contributed by atoms with E-state index in [2.05, 4.69) is 19.5 Å². The van der Waals surface area contributed by atoms with Crippen molar-refractivity contribution in [3.05, 3.63) is 48.6 Å². The Kier molecular flexibility index (Phi) is 4.00. The molecule has 0 amide bonds. The zero-order valence-corrected chi connectivity index (χ0v) is 12.7. The van der Waals surface area contributed by atoms with Crippen LogP contribution in [0.5, 0.6) is 0 Å². The minimum Gasteiger partial charge on any atom is -0.359 e. The molecule has 0 saturated heterocycles. The summed E-state index contributed by atoms with van der Waals surface area (Å²) in [7, 11) is 1.97. The Morgan fingerprint density at radius 3 is 2.86 bits per heavy atom. The number of rotatable bonds is 5. The zero-order chi connectivity index (χ0) is 15.5. The van der Waals surface area contributed by atoms with Crippen LogP contribution in [0, 0.1) is 12.7 Å². The molecule has 0 saturated carbocycles. The lowest BCUT2D eigenvalue weighted by molar-refractivity contribution is 0.620. The van der Waals surface area contributed by atoms with E-state index in [0.717, 1.165) is 42.1 Å². The molecule has 114 valence electrons. The number of benzene rings is 1. The van der Waals surface area contributed by atoms with E-state index >= 15 is 0 Å². The third-order valence-electron chi connectivity index (χ3n) is 3.75. The van der Waals surface area contributed by atoms with Gasteiger partial charge in [-0.3, -0.25) is 0 Å². The van der Waals surface area contributed by atoms with Gasteiger partial charge in [-0.1, -0.05) is 0 Å². The van der Waals surface area contributed by atoms with E-state index in [4.69, 9.17) is 0 Å². The van der Waals surface area contributed by atoms with Crippen molar-refractivity contribution in [2.75, 3.05) is 18.5 Å². The second-order valence-electron chi connectivity index (χ2n) is 5.30. The standard InChI is InChI=1S/C16H18FN5/c1-12-18-6-9-22(12)8-3-7-21(2)16-14-10-13(17)4-5-15(14)19-11-20-16/h4-6,9-11H,3,7-8H2,1-2H3. The van der Waals surface area contributed by atoms with Gasteiger partial charge in [-0.05, 0) is 31.5 Å². The molecule has 3 aromatic rings. The number of hydrogen-bond acceptors (Lipinski definition) is 4. The van der Waals surface area contributed by atoms with Gasteiger partial charge in [0, 0.05) is 37.9 Å². The van der Waals surface area contributed by atoms with Crippen LogP contribution in [0.15, 0.2) is 36.9 Å². The number of nitrogens with zero attached hydrogens (tertiary/aromatic N) is 5. The summed E-state index contributed by atoms with van der Waals surface area (Å²) in [5, 5.41) is 0.740. The van der Waals surface area contributed by atoms with Crippen molar-refractivity contribution in [1.82, 2.24) is 19.5 Å². The summed E-state index contributed by atoms with van der Waals surface area (Å²) in [6.07, 6.45) is 6.26. The predicted octanol–water partition coefficient (Wildman–Crippen LogP) is 2.80. The first-order valence-corrected chi connectivity index (χ1v) is 7.24. The fourth-order valence-corrected chi connectivity index (χ4v) is 2.54. The molecule has 2 aromatic heterocycles. The fraction of sp³-hybridized carbons (Fsp3) is 0.312. The van der Waals surface area contributed by atoms with Gasteiger partial charge in [0.2, 0.25) is 0 Å². The van der Waals surface area contributed by atoms with Gasteiger partial charge >= 0.3 is 0 Å². The molecule has 0 unspecified atom stereocenters. The van der Waals surface area contributed by atoms with Gasteiger partial charge in [0.05, 0.1) is 5.52 Å². The van der Waals surface area contributed by atoms with E-state index in [0.29, 0.717) is 0 Å². The quantitative estimate of drug-likeness (QED) is 0.727. The highest BCUT2D eigenvalue weighted by molar-refractivity contribution is 5.89. The molecular weight excluding hydrogens is 281 g/mol. The largest absolute Gasteiger partial charge is 0.359 e. The molecule has 0 fully saturated rings. The van der Waals surface area contributed by atoms with Gasteiger partial charge in [-0.15, -0.1) is 0 Å². The maximum Gasteiger partial charge on any atom is 0.139 e. The van der Waals surface area contributed by atoms with Crippen LogP contribution in [0.2, 0.25) is 0 Å². The Morgan fingerprint density at radius 1 is 1.23 bits per heavy atom. The number of anilines is 1. The van der Waals surface area contributed by atoms with Gasteiger partial charge in [-0.25, -0.2) is 19.3 Å². The number of aromatic nitrogens is 4. The van der Waals surface area contributed by atoms with Crippen LogP contribution in [0.3, 0.4) is 0 Å². The van der Waals surface area contributed by atoms with Crippen molar-refractivity contribution in [3.63, 3.8) is 0 Å². The first-order chi connectivity index (χ1) is 10.6. The SMILES string of the molecule is Cc1nccn1CCCN(C)c1ncnc2ccc(F)cc12. The van der Waals surface area contributed by atoms with Gasteiger partial charge in [0.1, 0.15) is 23.8 Å². The minimum atomic E-state index is -0.272. The number of fused-ring (bicyclic) bond motifs is 1. The molecule has 0 aliphatic rings. The fourth-order valence-electron chi connectivity index (χ4n) is 2.54. The molecule has 0 bridgehead atoms. The molecule has 0 atom stereocenters. The van der Waals surface area contributed by atoms with Gasteiger partial charge in [0.15, 0.2) is 0 Å². The Balaban J connectivity index is 1.73. The average Bonchev–Trinajstić information content (AvgIpc) is 2.92. The highest BCUT2D eigenvalue weighted by Gasteiger charge is 2.09. The van der Waals surface area contributed by atoms with Crippen LogP contribution >= 0.6 is 0 Å². The number of imidazole rings is 1. The maximum atomic E-state index is 13.5. The van der Waals surface area contributed by atoms with Crippen LogP contribution in [-0.2, 0) is 6.54 Å². The molecule has 3 rings (SSSR count). The minimum absolute atomic E-state index is 0.272. The Morgan fingerprint density at radius 2 is 2.09 bits per heavy atom. The first-order valence-electron chi connectivity index (χ1n) is 7.24. The average molecular weight is 299 g/mol. The lowest BCUT2D eigenvalue weighted by Gasteiger charge is -2.19. The summed E-state index contributed by atoms with van der Waals surface area (Å²) in [6, 6.07) is 4.58. The molecule has 2 heterocycles. The topological polar surface area (TPSA) is 46.8 Å². The second kappa shape index (κ2) is 6.09. The smallest absolute Gasteiger partial charge is 0.139 e. The van der Waals surface area contributed by atoms with E-state index < -0.39 is 0 Å². The summed E-state index contributed by atoms with van der Waals surface area (Å²) >= 11 is 0. The molecule has 1 aromatic carbocycles. The lowest BCUT2D eigenvalue weighted by Crippen LogP contribution is -2.21. The van der Waals surface area contributed by atoms with Gasteiger partial charge in [-0.2, -0.15) is 0 Å². The normalized spacial score (nSPS) is 11.0. The van der Waals surface area contributed by atoms with E-state index in [1.54, 1.807) is 12.3 Å². The second-order valence-corrected chi connectivity index (χ2v) is 5.30. The molecule has 0 radical (unpaired) electrons. The highest BCUT2D eigenvalue weighted by atomic mass is 19.1. The van der Waals surface area contributed by atoms with Crippen LogP contribution in [0.1, 0.15) is 12.2 Å². The number of aryl methyl sites for hydroxylation is 2. The van der Waals surface area contributed by atoms with Gasteiger partial charge < -0.3 is 9.47 Å². The molecular formula is C16H18FN5. The molecule has 22 heavy (non-hydrogen) atoms. The predicted molar refractivity (Wildman–Crippen MR) is 84.3 cm³/mol. The molecule has 0 aliphatic heterocycles. The number of halogens is 1. The van der Waals surface area contributed by atoms with Gasteiger partial charge in [0.25, 0.3) is 0 Å². The first kappa shape index (κ1) is 14.4. The van der Waals surface area contributed by atoms with Crippen LogP contribution in [0.25, 0.3) is 10.9 Å². The molecule has 6 heteroatoms. The highest BCUT2D eigenvalue weighted by Crippen LogP contribution is 2.22. The van der Waals surface area contributed by atoms with Crippen molar-refractivity contribution in [1.29, 1.82) is 0 Å². The van der Waals surface area contributed by atoms with Crippen molar-refractivity contribution >= 4 is 16.7 Å². The molecule has 0 N–H and O–H groups in total. The Labute approximate surface area is 128 Å².